The fourth-order valence-electron chi connectivity index (χ4n) is 2.71. The Balaban J connectivity index is 1.99. The first-order valence-electron chi connectivity index (χ1n) is 7.55. The predicted molar refractivity (Wildman–Crippen MR) is 76.5 cm³/mol. The van der Waals surface area contributed by atoms with Crippen LogP contribution in [-0.4, -0.2) is 25.5 Å². The van der Waals surface area contributed by atoms with E-state index in [0.717, 1.165) is 24.9 Å². The van der Waals surface area contributed by atoms with Gasteiger partial charge in [-0.1, -0.05) is 40.0 Å². The molecule has 0 aromatic rings. The first kappa shape index (κ1) is 15.5. The van der Waals surface area contributed by atoms with Gasteiger partial charge in [0.25, 0.3) is 0 Å². The summed E-state index contributed by atoms with van der Waals surface area (Å²) in [6, 6.07) is 0. The summed E-state index contributed by atoms with van der Waals surface area (Å²) < 4.78 is 0. The zero-order valence-corrected chi connectivity index (χ0v) is 12.3. The van der Waals surface area contributed by atoms with Crippen LogP contribution < -0.4 is 10.6 Å². The molecule has 0 aromatic carbocycles. The van der Waals surface area contributed by atoms with Crippen LogP contribution in [0.4, 0.5) is 0 Å². The molecule has 0 spiro atoms. The van der Waals surface area contributed by atoms with Crippen LogP contribution in [-0.2, 0) is 4.79 Å². The Labute approximate surface area is 112 Å². The number of nitrogens with one attached hydrogen (secondary N) is 2. The molecule has 2 atom stereocenters. The van der Waals surface area contributed by atoms with Crippen LogP contribution in [0.1, 0.15) is 52.9 Å². The third kappa shape index (κ3) is 7.00. The molecule has 1 saturated carbocycles. The summed E-state index contributed by atoms with van der Waals surface area (Å²) >= 11 is 0. The van der Waals surface area contributed by atoms with Crippen LogP contribution in [0.3, 0.4) is 0 Å². The molecule has 0 heterocycles. The van der Waals surface area contributed by atoms with Gasteiger partial charge < -0.3 is 10.6 Å². The largest absolute Gasteiger partial charge is 0.355 e. The zero-order chi connectivity index (χ0) is 13.4. The second kappa shape index (κ2) is 8.52. The summed E-state index contributed by atoms with van der Waals surface area (Å²) in [5.41, 5.74) is 0. The van der Waals surface area contributed by atoms with Crippen LogP contribution >= 0.6 is 0 Å². The minimum Gasteiger partial charge on any atom is -0.355 e. The van der Waals surface area contributed by atoms with Crippen LogP contribution in [0.2, 0.25) is 0 Å². The van der Waals surface area contributed by atoms with Gasteiger partial charge in [0.05, 0.1) is 6.54 Å². The molecule has 18 heavy (non-hydrogen) atoms. The molecular formula is C15H30N2O. The lowest BCUT2D eigenvalue weighted by Gasteiger charge is -2.26. The van der Waals surface area contributed by atoms with Crippen LogP contribution in [0, 0.1) is 17.8 Å². The van der Waals surface area contributed by atoms with Crippen molar-refractivity contribution in [3.8, 4) is 0 Å². The molecule has 3 heteroatoms. The Bertz CT molecular complexity index is 241. The summed E-state index contributed by atoms with van der Waals surface area (Å²) in [5.74, 6) is 2.43. The summed E-state index contributed by atoms with van der Waals surface area (Å²) in [7, 11) is 0. The summed E-state index contributed by atoms with van der Waals surface area (Å²) in [6.07, 6.45) is 6.77. The molecular weight excluding hydrogens is 224 g/mol. The molecule has 1 aliphatic rings. The maximum absolute atomic E-state index is 11.5. The van der Waals surface area contributed by atoms with E-state index in [1.54, 1.807) is 0 Å². The average molecular weight is 254 g/mol. The Morgan fingerprint density at radius 1 is 1.33 bits per heavy atom. The Morgan fingerprint density at radius 3 is 2.78 bits per heavy atom. The Hall–Kier alpha value is -0.570. The van der Waals surface area contributed by atoms with Crippen LogP contribution in [0.25, 0.3) is 0 Å². The van der Waals surface area contributed by atoms with Crippen molar-refractivity contribution >= 4 is 5.91 Å². The highest BCUT2D eigenvalue weighted by atomic mass is 16.1. The number of carbonyl (C=O) groups is 1. The standard InChI is InChI=1S/C15H30N2O/c1-12(2)10-17-15(18)11-16-8-7-14-6-4-5-13(3)9-14/h12-14,16H,4-11H2,1-3H3,(H,17,18). The number of hydrogen-bond acceptors (Lipinski definition) is 2. The predicted octanol–water partition coefficient (Wildman–Crippen LogP) is 2.56. The molecule has 1 fully saturated rings. The minimum absolute atomic E-state index is 0.126. The van der Waals surface area contributed by atoms with Crippen molar-refractivity contribution in [2.24, 2.45) is 17.8 Å². The van der Waals surface area contributed by atoms with E-state index < -0.39 is 0 Å². The molecule has 2 N–H and O–H groups in total. The van der Waals surface area contributed by atoms with Gasteiger partial charge in [-0.05, 0) is 37.1 Å². The van der Waals surface area contributed by atoms with E-state index in [2.05, 4.69) is 31.4 Å². The normalized spacial score (nSPS) is 24.2. The fraction of sp³-hybridized carbons (Fsp3) is 0.933. The molecule has 1 aliphatic carbocycles. The quantitative estimate of drug-likeness (QED) is 0.686. The fourth-order valence-corrected chi connectivity index (χ4v) is 2.71. The maximum Gasteiger partial charge on any atom is 0.233 e. The van der Waals surface area contributed by atoms with Gasteiger partial charge in [0, 0.05) is 6.54 Å². The summed E-state index contributed by atoms with van der Waals surface area (Å²) in [6.45, 7) is 8.80. The molecule has 1 rings (SSSR count). The molecule has 0 saturated heterocycles. The van der Waals surface area contributed by atoms with Gasteiger partial charge in [-0.2, -0.15) is 0 Å². The molecule has 0 aromatic heterocycles. The second-order valence-electron chi connectivity index (χ2n) is 6.30. The first-order valence-corrected chi connectivity index (χ1v) is 7.55. The van der Waals surface area contributed by atoms with Crippen molar-refractivity contribution < 1.29 is 4.79 Å². The molecule has 106 valence electrons. The number of hydrogen-bond donors (Lipinski definition) is 2. The van der Waals surface area contributed by atoms with E-state index in [1.165, 1.54) is 32.1 Å². The highest BCUT2D eigenvalue weighted by Gasteiger charge is 2.18. The SMILES string of the molecule is CC(C)CNC(=O)CNCCC1CCCC(C)C1. The van der Waals surface area contributed by atoms with E-state index in [4.69, 9.17) is 0 Å². The maximum atomic E-state index is 11.5. The molecule has 0 radical (unpaired) electrons. The highest BCUT2D eigenvalue weighted by molar-refractivity contribution is 5.77. The van der Waals surface area contributed by atoms with E-state index >= 15 is 0 Å². The van der Waals surface area contributed by atoms with Crippen LogP contribution in [0.5, 0.6) is 0 Å². The monoisotopic (exact) mass is 254 g/mol. The van der Waals surface area contributed by atoms with Gasteiger partial charge in [0.2, 0.25) is 5.91 Å². The van der Waals surface area contributed by atoms with E-state index in [1.807, 2.05) is 0 Å². The van der Waals surface area contributed by atoms with Gasteiger partial charge in [0.15, 0.2) is 0 Å². The van der Waals surface area contributed by atoms with Gasteiger partial charge >= 0.3 is 0 Å². The van der Waals surface area contributed by atoms with E-state index in [9.17, 15) is 4.79 Å². The lowest BCUT2D eigenvalue weighted by Crippen LogP contribution is -2.36. The highest BCUT2D eigenvalue weighted by Crippen LogP contribution is 2.30. The van der Waals surface area contributed by atoms with Crippen molar-refractivity contribution in [2.45, 2.75) is 52.9 Å². The van der Waals surface area contributed by atoms with Crippen molar-refractivity contribution in [2.75, 3.05) is 19.6 Å². The Morgan fingerprint density at radius 2 is 2.11 bits per heavy atom. The van der Waals surface area contributed by atoms with E-state index in [0.29, 0.717) is 12.5 Å². The molecule has 0 aliphatic heterocycles. The Kier molecular flexibility index (Phi) is 7.33. The number of carbonyl (C=O) groups excluding carboxylic acids is 1. The third-order valence-corrected chi connectivity index (χ3v) is 3.77. The second-order valence-corrected chi connectivity index (χ2v) is 6.30. The topological polar surface area (TPSA) is 41.1 Å². The molecule has 0 bridgehead atoms. The summed E-state index contributed by atoms with van der Waals surface area (Å²) in [4.78, 5) is 11.5. The minimum atomic E-state index is 0.126. The zero-order valence-electron chi connectivity index (χ0n) is 12.3. The first-order chi connectivity index (χ1) is 8.58. The molecule has 1 amide bonds. The third-order valence-electron chi connectivity index (χ3n) is 3.77. The average Bonchev–Trinajstić information content (AvgIpc) is 2.32. The van der Waals surface area contributed by atoms with Crippen molar-refractivity contribution in [1.29, 1.82) is 0 Å². The summed E-state index contributed by atoms with van der Waals surface area (Å²) in [5, 5.41) is 6.19. The molecule has 3 nitrogen and oxygen atoms in total. The van der Waals surface area contributed by atoms with Crippen molar-refractivity contribution in [1.82, 2.24) is 10.6 Å². The smallest absolute Gasteiger partial charge is 0.233 e. The lowest BCUT2D eigenvalue weighted by molar-refractivity contribution is -0.120. The van der Waals surface area contributed by atoms with Gasteiger partial charge in [0.1, 0.15) is 0 Å². The number of amides is 1. The van der Waals surface area contributed by atoms with Crippen LogP contribution in [0.15, 0.2) is 0 Å². The van der Waals surface area contributed by atoms with Gasteiger partial charge in [-0.3, -0.25) is 4.79 Å². The number of rotatable bonds is 7. The van der Waals surface area contributed by atoms with Crippen molar-refractivity contribution in [3.63, 3.8) is 0 Å². The van der Waals surface area contributed by atoms with Gasteiger partial charge in [-0.25, -0.2) is 0 Å². The lowest BCUT2D eigenvalue weighted by atomic mass is 9.81. The molecule has 2 unspecified atom stereocenters. The van der Waals surface area contributed by atoms with Gasteiger partial charge in [-0.15, -0.1) is 0 Å². The van der Waals surface area contributed by atoms with Crippen molar-refractivity contribution in [3.05, 3.63) is 0 Å². The van der Waals surface area contributed by atoms with E-state index in [-0.39, 0.29) is 5.91 Å².